The van der Waals surface area contributed by atoms with Gasteiger partial charge in [0.1, 0.15) is 6.67 Å². The smallest absolute Gasteiger partial charge is 0.107 e. The van der Waals surface area contributed by atoms with Crippen molar-refractivity contribution in [2.45, 2.75) is 38.6 Å². The maximum Gasteiger partial charge on any atom is 0.107 e. The van der Waals surface area contributed by atoms with Crippen LogP contribution in [0, 0.1) is 0 Å². The second-order valence-electron chi connectivity index (χ2n) is 5.01. The van der Waals surface area contributed by atoms with E-state index in [2.05, 4.69) is 29.7 Å². The van der Waals surface area contributed by atoms with Crippen LogP contribution < -0.4 is 0 Å². The summed E-state index contributed by atoms with van der Waals surface area (Å²) in [6, 6.07) is 8.44. The first-order valence-electron chi connectivity index (χ1n) is 6.49. The second kappa shape index (κ2) is 4.17. The molecule has 90 valence electrons. The van der Waals surface area contributed by atoms with Crippen molar-refractivity contribution in [2.75, 3.05) is 6.67 Å². The lowest BCUT2D eigenvalue weighted by Gasteiger charge is -2.21. The molecule has 1 aromatic carbocycles. The van der Waals surface area contributed by atoms with Gasteiger partial charge in [-0.1, -0.05) is 25.1 Å². The first-order valence-corrected chi connectivity index (χ1v) is 6.49. The molecule has 1 aliphatic rings. The molecule has 0 bridgehead atoms. The summed E-state index contributed by atoms with van der Waals surface area (Å²) in [5, 5.41) is 1.34. The maximum atomic E-state index is 12.7. The van der Waals surface area contributed by atoms with Gasteiger partial charge in [-0.2, -0.15) is 0 Å². The first-order chi connectivity index (χ1) is 8.33. The van der Waals surface area contributed by atoms with Crippen LogP contribution in [-0.2, 0) is 13.0 Å². The second-order valence-corrected chi connectivity index (χ2v) is 5.01. The van der Waals surface area contributed by atoms with Crippen LogP contribution >= 0.6 is 0 Å². The molecule has 1 atom stereocenters. The van der Waals surface area contributed by atoms with Gasteiger partial charge >= 0.3 is 0 Å². The summed E-state index contributed by atoms with van der Waals surface area (Å²) in [6.45, 7) is 2.52. The lowest BCUT2D eigenvalue weighted by atomic mass is 9.86. The van der Waals surface area contributed by atoms with E-state index in [4.69, 9.17) is 0 Å². The Labute approximate surface area is 101 Å². The summed E-state index contributed by atoms with van der Waals surface area (Å²) < 4.78 is 14.9. The molecule has 0 saturated heterocycles. The maximum absolute atomic E-state index is 12.7. The van der Waals surface area contributed by atoms with Crippen LogP contribution in [0.15, 0.2) is 24.3 Å². The standard InChI is InChI=1S/C15H18FN/c1-11-5-4-8-14-15(11)12-6-2-3-7-13(12)17(14)10-9-16/h2-3,6-7,11H,4-5,8-10H2,1H3. The van der Waals surface area contributed by atoms with E-state index < -0.39 is 0 Å². The molecule has 0 radical (unpaired) electrons. The fourth-order valence-corrected chi connectivity index (χ4v) is 3.26. The third-order valence-electron chi connectivity index (χ3n) is 3.97. The SMILES string of the molecule is CC1CCCc2c1c1ccccc1n2CCF. The third kappa shape index (κ3) is 1.58. The van der Waals surface area contributed by atoms with Crippen molar-refractivity contribution in [1.29, 1.82) is 0 Å². The van der Waals surface area contributed by atoms with Gasteiger partial charge in [-0.25, -0.2) is 4.39 Å². The normalized spacial score (nSPS) is 19.5. The van der Waals surface area contributed by atoms with Crippen LogP contribution in [0.5, 0.6) is 0 Å². The Morgan fingerprint density at radius 2 is 2.18 bits per heavy atom. The molecule has 0 fully saturated rings. The van der Waals surface area contributed by atoms with Crippen molar-refractivity contribution < 1.29 is 4.39 Å². The zero-order valence-electron chi connectivity index (χ0n) is 10.2. The van der Waals surface area contributed by atoms with E-state index in [0.717, 1.165) is 6.42 Å². The number of aryl methyl sites for hydroxylation is 1. The first kappa shape index (κ1) is 10.8. The van der Waals surface area contributed by atoms with Gasteiger partial charge in [0.05, 0.1) is 6.54 Å². The highest BCUT2D eigenvalue weighted by atomic mass is 19.1. The predicted octanol–water partition coefficient (Wildman–Crippen LogP) is 4.05. The number of nitrogens with zero attached hydrogens (tertiary/aromatic N) is 1. The largest absolute Gasteiger partial charge is 0.342 e. The van der Waals surface area contributed by atoms with Crippen LogP contribution in [0.3, 0.4) is 0 Å². The number of para-hydroxylation sites is 1. The van der Waals surface area contributed by atoms with Crippen LogP contribution in [0.1, 0.15) is 36.9 Å². The molecule has 2 heteroatoms. The van der Waals surface area contributed by atoms with Crippen molar-refractivity contribution in [2.24, 2.45) is 0 Å². The molecule has 1 heterocycles. The lowest BCUT2D eigenvalue weighted by molar-refractivity contribution is 0.439. The Morgan fingerprint density at radius 1 is 1.35 bits per heavy atom. The van der Waals surface area contributed by atoms with Gasteiger partial charge in [0, 0.05) is 16.6 Å². The molecule has 0 N–H and O–H groups in total. The van der Waals surface area contributed by atoms with Gasteiger partial charge in [0.2, 0.25) is 0 Å². The summed E-state index contributed by atoms with van der Waals surface area (Å²) in [6.07, 6.45) is 3.60. The number of alkyl halides is 1. The van der Waals surface area contributed by atoms with Crippen LogP contribution in [-0.4, -0.2) is 11.2 Å². The Balaban J connectivity index is 2.31. The van der Waals surface area contributed by atoms with Gasteiger partial charge < -0.3 is 4.57 Å². The molecule has 3 rings (SSSR count). The Kier molecular flexibility index (Phi) is 2.65. The average Bonchev–Trinajstić information content (AvgIpc) is 2.66. The molecule has 1 nitrogen and oxygen atoms in total. The van der Waals surface area contributed by atoms with Gasteiger partial charge in [0.25, 0.3) is 0 Å². The minimum absolute atomic E-state index is 0.278. The third-order valence-corrected chi connectivity index (χ3v) is 3.97. The summed E-state index contributed by atoms with van der Waals surface area (Å²) in [4.78, 5) is 0. The van der Waals surface area contributed by atoms with Crippen LogP contribution in [0.2, 0.25) is 0 Å². The highest BCUT2D eigenvalue weighted by molar-refractivity contribution is 5.86. The highest BCUT2D eigenvalue weighted by Crippen LogP contribution is 2.38. The average molecular weight is 231 g/mol. The summed E-state index contributed by atoms with van der Waals surface area (Å²) in [5.74, 6) is 0.615. The highest BCUT2D eigenvalue weighted by Gasteiger charge is 2.24. The summed E-state index contributed by atoms with van der Waals surface area (Å²) in [7, 11) is 0. The van der Waals surface area contributed by atoms with Gasteiger partial charge in [0.15, 0.2) is 0 Å². The number of rotatable bonds is 2. The predicted molar refractivity (Wildman–Crippen MR) is 69.3 cm³/mol. The van der Waals surface area contributed by atoms with Crippen molar-refractivity contribution in [1.82, 2.24) is 4.57 Å². The Hall–Kier alpha value is -1.31. The zero-order chi connectivity index (χ0) is 11.8. The van der Waals surface area contributed by atoms with Gasteiger partial charge in [-0.3, -0.25) is 0 Å². The van der Waals surface area contributed by atoms with Crippen LogP contribution in [0.25, 0.3) is 10.9 Å². The Bertz CT molecular complexity index is 541. The minimum atomic E-state index is -0.278. The number of hydrogen-bond donors (Lipinski definition) is 0. The number of fused-ring (bicyclic) bond motifs is 3. The number of aromatic nitrogens is 1. The molecule has 0 spiro atoms. The van der Waals surface area contributed by atoms with Gasteiger partial charge in [-0.05, 0) is 36.8 Å². The number of halogens is 1. The fourth-order valence-electron chi connectivity index (χ4n) is 3.26. The molecule has 1 unspecified atom stereocenters. The van der Waals surface area contributed by atoms with Gasteiger partial charge in [-0.15, -0.1) is 0 Å². The Morgan fingerprint density at radius 3 is 3.00 bits per heavy atom. The van der Waals surface area contributed by atoms with E-state index in [1.54, 1.807) is 0 Å². The van der Waals surface area contributed by atoms with Crippen molar-refractivity contribution in [3.05, 3.63) is 35.5 Å². The molecule has 2 aromatic rings. The summed E-state index contributed by atoms with van der Waals surface area (Å²) in [5.41, 5.74) is 4.06. The van der Waals surface area contributed by atoms with Crippen molar-refractivity contribution in [3.63, 3.8) is 0 Å². The minimum Gasteiger partial charge on any atom is -0.342 e. The molecule has 17 heavy (non-hydrogen) atoms. The van der Waals surface area contributed by atoms with E-state index in [-0.39, 0.29) is 6.67 Å². The number of benzene rings is 1. The van der Waals surface area contributed by atoms with Crippen molar-refractivity contribution in [3.8, 4) is 0 Å². The quantitative estimate of drug-likeness (QED) is 0.734. The molecular weight excluding hydrogens is 213 g/mol. The summed E-state index contributed by atoms with van der Waals surface area (Å²) >= 11 is 0. The molecule has 1 aliphatic carbocycles. The van der Waals surface area contributed by atoms with Crippen LogP contribution in [0.4, 0.5) is 4.39 Å². The monoisotopic (exact) mass is 231 g/mol. The van der Waals surface area contributed by atoms with Crippen molar-refractivity contribution >= 4 is 10.9 Å². The van der Waals surface area contributed by atoms with E-state index in [9.17, 15) is 4.39 Å². The van der Waals surface area contributed by atoms with E-state index in [1.807, 2.05) is 6.07 Å². The van der Waals surface area contributed by atoms with E-state index >= 15 is 0 Å². The topological polar surface area (TPSA) is 4.93 Å². The molecular formula is C15H18FN. The molecule has 1 aromatic heterocycles. The number of hydrogen-bond acceptors (Lipinski definition) is 0. The zero-order valence-corrected chi connectivity index (χ0v) is 10.2. The fraction of sp³-hybridized carbons (Fsp3) is 0.467. The molecule has 0 saturated carbocycles. The molecule has 0 aliphatic heterocycles. The van der Waals surface area contributed by atoms with E-state index in [0.29, 0.717) is 12.5 Å². The van der Waals surface area contributed by atoms with E-state index in [1.165, 1.54) is 35.0 Å². The molecule has 0 amide bonds. The lowest BCUT2D eigenvalue weighted by Crippen LogP contribution is -2.11.